The monoisotopic (exact) mass is 400 g/mol. The molecule has 0 fully saturated rings. The minimum absolute atomic E-state index is 0.184. The van der Waals surface area contributed by atoms with Crippen LogP contribution < -0.4 is 5.43 Å². The van der Waals surface area contributed by atoms with Gasteiger partial charge < -0.3 is 4.57 Å². The second-order valence-electron chi connectivity index (χ2n) is 5.43. The van der Waals surface area contributed by atoms with Gasteiger partial charge in [0.05, 0.1) is 12.0 Å². The van der Waals surface area contributed by atoms with Gasteiger partial charge in [-0.25, -0.2) is 5.43 Å². The third kappa shape index (κ3) is 5.15. The van der Waals surface area contributed by atoms with Crippen molar-refractivity contribution in [1.29, 1.82) is 0 Å². The van der Waals surface area contributed by atoms with Crippen LogP contribution in [0.5, 0.6) is 0 Å². The van der Waals surface area contributed by atoms with Crippen LogP contribution in [0.1, 0.15) is 12.5 Å². The SMILES string of the molecule is CCn1c(SCC(=O)N/N=C/c2cccnc2)nnc1-c1ccc(Cl)cc1. The van der Waals surface area contributed by atoms with E-state index in [0.717, 1.165) is 17.0 Å². The minimum atomic E-state index is -0.223. The second-order valence-corrected chi connectivity index (χ2v) is 6.80. The molecule has 27 heavy (non-hydrogen) atoms. The molecule has 0 unspecified atom stereocenters. The van der Waals surface area contributed by atoms with Crippen LogP contribution >= 0.6 is 23.4 Å². The van der Waals surface area contributed by atoms with Crippen molar-refractivity contribution in [3.05, 3.63) is 59.4 Å². The maximum absolute atomic E-state index is 12.0. The third-order valence-corrected chi connectivity index (χ3v) is 4.77. The molecular weight excluding hydrogens is 384 g/mol. The Morgan fingerprint density at radius 3 is 2.81 bits per heavy atom. The van der Waals surface area contributed by atoms with Crippen molar-refractivity contribution < 1.29 is 4.79 Å². The Kier molecular flexibility index (Phi) is 6.56. The van der Waals surface area contributed by atoms with Crippen molar-refractivity contribution in [3.8, 4) is 11.4 Å². The molecular formula is C18H17ClN6OS. The Morgan fingerprint density at radius 2 is 2.11 bits per heavy atom. The highest BCUT2D eigenvalue weighted by Gasteiger charge is 2.14. The summed E-state index contributed by atoms with van der Waals surface area (Å²) in [7, 11) is 0. The van der Waals surface area contributed by atoms with Gasteiger partial charge in [-0.1, -0.05) is 29.4 Å². The zero-order chi connectivity index (χ0) is 19.1. The summed E-state index contributed by atoms with van der Waals surface area (Å²) < 4.78 is 1.96. The summed E-state index contributed by atoms with van der Waals surface area (Å²) in [4.78, 5) is 16.0. The number of rotatable bonds is 7. The second kappa shape index (κ2) is 9.29. The number of hydrogen-bond donors (Lipinski definition) is 1. The molecule has 1 aromatic carbocycles. The number of hydrogen-bond acceptors (Lipinski definition) is 6. The lowest BCUT2D eigenvalue weighted by molar-refractivity contribution is -0.118. The van der Waals surface area contributed by atoms with E-state index in [1.807, 2.05) is 41.8 Å². The fourth-order valence-corrected chi connectivity index (χ4v) is 3.21. The molecule has 3 aromatic rings. The molecule has 0 aliphatic rings. The van der Waals surface area contributed by atoms with Crippen LogP contribution in [0.2, 0.25) is 5.02 Å². The molecule has 0 saturated carbocycles. The van der Waals surface area contributed by atoms with E-state index in [0.29, 0.717) is 16.7 Å². The number of thioether (sulfide) groups is 1. The van der Waals surface area contributed by atoms with Crippen LogP contribution in [-0.2, 0) is 11.3 Å². The van der Waals surface area contributed by atoms with Crippen LogP contribution in [0.15, 0.2) is 59.0 Å². The fraction of sp³-hybridized carbons (Fsp3) is 0.167. The number of nitrogens with one attached hydrogen (secondary N) is 1. The van der Waals surface area contributed by atoms with E-state index >= 15 is 0 Å². The van der Waals surface area contributed by atoms with Gasteiger partial charge in [0.25, 0.3) is 5.91 Å². The summed E-state index contributed by atoms with van der Waals surface area (Å²) in [5, 5.41) is 13.7. The minimum Gasteiger partial charge on any atom is -0.302 e. The first-order chi connectivity index (χ1) is 13.2. The Morgan fingerprint density at radius 1 is 1.30 bits per heavy atom. The Labute approximate surface area is 165 Å². The number of carbonyl (C=O) groups is 1. The molecule has 1 N–H and O–H groups in total. The number of halogens is 1. The summed E-state index contributed by atoms with van der Waals surface area (Å²) in [5.74, 6) is 0.703. The maximum Gasteiger partial charge on any atom is 0.250 e. The normalized spacial score (nSPS) is 11.0. The van der Waals surface area contributed by atoms with E-state index in [9.17, 15) is 4.79 Å². The van der Waals surface area contributed by atoms with E-state index in [-0.39, 0.29) is 11.7 Å². The van der Waals surface area contributed by atoms with E-state index in [1.165, 1.54) is 11.8 Å². The molecule has 2 aromatic heterocycles. The van der Waals surface area contributed by atoms with Gasteiger partial charge in [-0.05, 0) is 37.3 Å². The number of carbonyl (C=O) groups excluding carboxylic acids is 1. The van der Waals surface area contributed by atoms with Crippen molar-refractivity contribution in [1.82, 2.24) is 25.2 Å². The predicted octanol–water partition coefficient (Wildman–Crippen LogP) is 3.26. The molecule has 0 radical (unpaired) electrons. The van der Waals surface area contributed by atoms with Crippen LogP contribution in [0, 0.1) is 0 Å². The van der Waals surface area contributed by atoms with E-state index in [1.54, 1.807) is 24.7 Å². The van der Waals surface area contributed by atoms with Crippen molar-refractivity contribution in [2.75, 3.05) is 5.75 Å². The molecule has 2 heterocycles. The van der Waals surface area contributed by atoms with Gasteiger partial charge in [-0.3, -0.25) is 9.78 Å². The lowest BCUT2D eigenvalue weighted by Gasteiger charge is -2.07. The number of pyridine rings is 1. The van der Waals surface area contributed by atoms with Crippen LogP contribution in [0.3, 0.4) is 0 Å². The van der Waals surface area contributed by atoms with Gasteiger partial charge in [-0.15, -0.1) is 10.2 Å². The molecule has 9 heteroatoms. The van der Waals surface area contributed by atoms with Crippen molar-refractivity contribution in [2.24, 2.45) is 5.10 Å². The predicted molar refractivity (Wildman–Crippen MR) is 107 cm³/mol. The summed E-state index contributed by atoms with van der Waals surface area (Å²) in [6.07, 6.45) is 4.88. The standard InChI is InChI=1S/C18H17ClN6OS/c1-2-25-17(14-5-7-15(19)8-6-14)23-24-18(25)27-12-16(26)22-21-11-13-4-3-9-20-10-13/h3-11H,2,12H2,1H3,(H,22,26)/b21-11+. The maximum atomic E-state index is 12.0. The van der Waals surface area contributed by atoms with Gasteiger partial charge in [0.15, 0.2) is 11.0 Å². The van der Waals surface area contributed by atoms with Crippen molar-refractivity contribution in [2.45, 2.75) is 18.6 Å². The first kappa shape index (κ1) is 19.1. The number of amides is 1. The van der Waals surface area contributed by atoms with Gasteiger partial charge in [0.1, 0.15) is 0 Å². The Balaban J connectivity index is 1.60. The van der Waals surface area contributed by atoms with Gasteiger partial charge in [0.2, 0.25) is 0 Å². The molecule has 3 rings (SSSR count). The Bertz CT molecular complexity index is 927. The topological polar surface area (TPSA) is 85.1 Å². The summed E-state index contributed by atoms with van der Waals surface area (Å²) >= 11 is 7.25. The van der Waals surface area contributed by atoms with Gasteiger partial charge in [0, 0.05) is 35.1 Å². The quantitative estimate of drug-likeness (QED) is 0.374. The van der Waals surface area contributed by atoms with Crippen molar-refractivity contribution >= 4 is 35.5 Å². The molecule has 0 atom stereocenters. The molecule has 0 spiro atoms. The van der Waals surface area contributed by atoms with E-state index in [4.69, 9.17) is 11.6 Å². The molecule has 0 bridgehead atoms. The zero-order valence-corrected chi connectivity index (χ0v) is 16.1. The van der Waals surface area contributed by atoms with E-state index in [2.05, 4.69) is 25.7 Å². The smallest absolute Gasteiger partial charge is 0.250 e. The van der Waals surface area contributed by atoms with Crippen LogP contribution in [0.25, 0.3) is 11.4 Å². The van der Waals surface area contributed by atoms with E-state index < -0.39 is 0 Å². The van der Waals surface area contributed by atoms with Crippen LogP contribution in [0.4, 0.5) is 0 Å². The summed E-state index contributed by atoms with van der Waals surface area (Å²) in [6.45, 7) is 2.69. The highest BCUT2D eigenvalue weighted by atomic mass is 35.5. The number of aromatic nitrogens is 4. The number of benzene rings is 1. The van der Waals surface area contributed by atoms with Crippen molar-refractivity contribution in [3.63, 3.8) is 0 Å². The highest BCUT2D eigenvalue weighted by Crippen LogP contribution is 2.24. The summed E-state index contributed by atoms with van der Waals surface area (Å²) in [6, 6.07) is 11.1. The average Bonchev–Trinajstić information content (AvgIpc) is 3.10. The van der Waals surface area contributed by atoms with Gasteiger partial charge >= 0.3 is 0 Å². The molecule has 0 aliphatic carbocycles. The van der Waals surface area contributed by atoms with Crippen LogP contribution in [-0.4, -0.2) is 37.6 Å². The lowest BCUT2D eigenvalue weighted by atomic mass is 10.2. The Hall–Kier alpha value is -2.71. The lowest BCUT2D eigenvalue weighted by Crippen LogP contribution is -2.20. The first-order valence-corrected chi connectivity index (χ1v) is 9.57. The molecule has 138 valence electrons. The average molecular weight is 401 g/mol. The highest BCUT2D eigenvalue weighted by molar-refractivity contribution is 7.99. The molecule has 0 saturated heterocycles. The zero-order valence-electron chi connectivity index (χ0n) is 14.5. The number of nitrogens with zero attached hydrogens (tertiary/aromatic N) is 5. The molecule has 0 aliphatic heterocycles. The third-order valence-electron chi connectivity index (χ3n) is 3.56. The number of hydrazone groups is 1. The molecule has 1 amide bonds. The fourth-order valence-electron chi connectivity index (χ4n) is 2.29. The first-order valence-electron chi connectivity index (χ1n) is 8.21. The largest absolute Gasteiger partial charge is 0.302 e. The molecule has 7 nitrogen and oxygen atoms in total. The summed E-state index contributed by atoms with van der Waals surface area (Å²) in [5.41, 5.74) is 4.22. The van der Waals surface area contributed by atoms with Gasteiger partial charge in [-0.2, -0.15) is 5.10 Å².